The third-order valence-corrected chi connectivity index (χ3v) is 2.45. The molecule has 0 unspecified atom stereocenters. The first-order chi connectivity index (χ1) is 9.22. The van der Waals surface area contributed by atoms with Gasteiger partial charge in [-0.15, -0.1) is 0 Å². The molecule has 2 heterocycles. The van der Waals surface area contributed by atoms with E-state index in [1.54, 1.807) is 0 Å². The SMILES string of the molecule is CC.CC.Cc1cn2cc(C)nc2c(OC2CC2)n1. The smallest absolute Gasteiger partial charge is 0.258 e. The second-order valence-electron chi connectivity index (χ2n) is 4.12. The van der Waals surface area contributed by atoms with E-state index in [4.69, 9.17) is 4.74 Å². The van der Waals surface area contributed by atoms with E-state index in [0.29, 0.717) is 12.0 Å². The highest BCUT2D eigenvalue weighted by Crippen LogP contribution is 2.28. The quantitative estimate of drug-likeness (QED) is 0.824. The van der Waals surface area contributed by atoms with Crippen molar-refractivity contribution in [2.75, 3.05) is 0 Å². The highest BCUT2D eigenvalue weighted by molar-refractivity contribution is 5.50. The standard InChI is InChI=1S/C11H13N3O.2C2H6/c1-7-5-14-6-8(2)13-11(10(14)12-7)15-9-3-4-9;2*1-2/h5-6,9H,3-4H2,1-2H3;2*1-2H3. The Bertz CT molecular complexity index is 515. The Morgan fingerprint density at radius 3 is 2.05 bits per heavy atom. The number of fused-ring (bicyclic) bond motifs is 1. The molecule has 19 heavy (non-hydrogen) atoms. The number of nitrogens with zero attached hydrogens (tertiary/aromatic N) is 3. The van der Waals surface area contributed by atoms with Gasteiger partial charge in [-0.05, 0) is 26.7 Å². The first-order valence-electron chi connectivity index (χ1n) is 7.22. The molecule has 0 saturated heterocycles. The summed E-state index contributed by atoms with van der Waals surface area (Å²) in [6.07, 6.45) is 6.60. The van der Waals surface area contributed by atoms with Crippen LogP contribution in [0.15, 0.2) is 12.4 Å². The number of aryl methyl sites for hydroxylation is 2. The Kier molecular flexibility index (Phi) is 5.80. The van der Waals surface area contributed by atoms with E-state index in [2.05, 4.69) is 9.97 Å². The first kappa shape index (κ1) is 15.5. The number of hydrogen-bond donors (Lipinski definition) is 0. The van der Waals surface area contributed by atoms with Gasteiger partial charge in [0, 0.05) is 12.4 Å². The maximum Gasteiger partial charge on any atom is 0.258 e. The molecule has 1 fully saturated rings. The lowest BCUT2D eigenvalue weighted by atomic mass is 10.5. The van der Waals surface area contributed by atoms with Crippen molar-refractivity contribution < 1.29 is 4.74 Å². The molecule has 3 rings (SSSR count). The molecule has 0 spiro atoms. The Morgan fingerprint density at radius 2 is 1.53 bits per heavy atom. The second-order valence-corrected chi connectivity index (χ2v) is 4.12. The van der Waals surface area contributed by atoms with E-state index in [-0.39, 0.29) is 0 Å². The van der Waals surface area contributed by atoms with Crippen molar-refractivity contribution in [2.45, 2.75) is 60.5 Å². The monoisotopic (exact) mass is 263 g/mol. The number of ether oxygens (including phenoxy) is 1. The maximum absolute atomic E-state index is 5.74. The minimum atomic E-state index is 0.361. The lowest BCUT2D eigenvalue weighted by molar-refractivity contribution is 0.292. The van der Waals surface area contributed by atoms with Gasteiger partial charge in [0.25, 0.3) is 5.88 Å². The summed E-state index contributed by atoms with van der Waals surface area (Å²) in [6, 6.07) is 0. The number of hydrogen-bond acceptors (Lipinski definition) is 3. The van der Waals surface area contributed by atoms with Crippen LogP contribution in [0, 0.1) is 13.8 Å². The molecule has 2 aromatic rings. The molecule has 1 saturated carbocycles. The number of rotatable bonds is 2. The topological polar surface area (TPSA) is 39.4 Å². The van der Waals surface area contributed by atoms with Gasteiger partial charge in [0.15, 0.2) is 0 Å². The molecule has 2 aromatic heterocycles. The molecule has 0 atom stereocenters. The summed E-state index contributed by atoms with van der Waals surface area (Å²) in [5.74, 6) is 0.672. The van der Waals surface area contributed by atoms with Crippen LogP contribution in [0.5, 0.6) is 5.88 Å². The minimum Gasteiger partial charge on any atom is -0.472 e. The van der Waals surface area contributed by atoms with Gasteiger partial charge in [0.1, 0.15) is 6.10 Å². The first-order valence-corrected chi connectivity index (χ1v) is 7.22. The maximum atomic E-state index is 5.74. The second kappa shape index (κ2) is 7.12. The van der Waals surface area contributed by atoms with E-state index in [0.717, 1.165) is 29.9 Å². The van der Waals surface area contributed by atoms with Crippen LogP contribution in [0.1, 0.15) is 51.9 Å². The highest BCUT2D eigenvalue weighted by atomic mass is 16.5. The van der Waals surface area contributed by atoms with Crippen LogP contribution >= 0.6 is 0 Å². The van der Waals surface area contributed by atoms with Crippen LogP contribution in [0.25, 0.3) is 5.65 Å². The summed E-state index contributed by atoms with van der Waals surface area (Å²) in [5.41, 5.74) is 2.77. The zero-order valence-electron chi connectivity index (χ0n) is 12.9. The summed E-state index contributed by atoms with van der Waals surface area (Å²) in [7, 11) is 0. The molecule has 0 aliphatic heterocycles. The van der Waals surface area contributed by atoms with Crippen LogP contribution in [0.3, 0.4) is 0 Å². The molecular weight excluding hydrogens is 238 g/mol. The van der Waals surface area contributed by atoms with E-state index in [1.807, 2.05) is 58.3 Å². The molecule has 0 bridgehead atoms. The fourth-order valence-electron chi connectivity index (χ4n) is 1.64. The Morgan fingerprint density at radius 1 is 1.00 bits per heavy atom. The van der Waals surface area contributed by atoms with Crippen molar-refractivity contribution in [2.24, 2.45) is 0 Å². The summed E-state index contributed by atoms with van der Waals surface area (Å²) >= 11 is 0. The van der Waals surface area contributed by atoms with E-state index < -0.39 is 0 Å². The molecule has 1 aliphatic rings. The zero-order valence-corrected chi connectivity index (χ0v) is 12.9. The molecular formula is C15H25N3O. The average molecular weight is 263 g/mol. The van der Waals surface area contributed by atoms with Crippen molar-refractivity contribution in [1.29, 1.82) is 0 Å². The van der Waals surface area contributed by atoms with Crippen LogP contribution < -0.4 is 4.74 Å². The van der Waals surface area contributed by atoms with E-state index in [1.165, 1.54) is 0 Å². The fraction of sp³-hybridized carbons (Fsp3) is 0.600. The van der Waals surface area contributed by atoms with Gasteiger partial charge in [-0.25, -0.2) is 9.97 Å². The predicted molar refractivity (Wildman–Crippen MR) is 78.8 cm³/mol. The fourth-order valence-corrected chi connectivity index (χ4v) is 1.64. The van der Waals surface area contributed by atoms with Gasteiger partial charge < -0.3 is 9.14 Å². The third kappa shape index (κ3) is 3.94. The van der Waals surface area contributed by atoms with Crippen LogP contribution in [0.2, 0.25) is 0 Å². The summed E-state index contributed by atoms with van der Waals surface area (Å²) in [6.45, 7) is 11.9. The van der Waals surface area contributed by atoms with Crippen LogP contribution in [-0.2, 0) is 0 Å². The summed E-state index contributed by atoms with van der Waals surface area (Å²) < 4.78 is 7.72. The van der Waals surface area contributed by atoms with Crippen molar-refractivity contribution in [3.63, 3.8) is 0 Å². The van der Waals surface area contributed by atoms with Gasteiger partial charge in [-0.1, -0.05) is 27.7 Å². The highest BCUT2D eigenvalue weighted by Gasteiger charge is 2.25. The van der Waals surface area contributed by atoms with E-state index >= 15 is 0 Å². The van der Waals surface area contributed by atoms with Gasteiger partial charge in [0.2, 0.25) is 5.65 Å². The van der Waals surface area contributed by atoms with Gasteiger partial charge in [-0.2, -0.15) is 0 Å². The Hall–Kier alpha value is -1.58. The lowest BCUT2D eigenvalue weighted by Gasteiger charge is -2.05. The van der Waals surface area contributed by atoms with Crippen molar-refractivity contribution in [3.05, 3.63) is 23.8 Å². The average Bonchev–Trinajstić information content (AvgIpc) is 3.15. The normalized spacial score (nSPS) is 13.2. The number of imidazole rings is 1. The third-order valence-electron chi connectivity index (χ3n) is 2.45. The van der Waals surface area contributed by atoms with E-state index in [9.17, 15) is 0 Å². The molecule has 0 N–H and O–H groups in total. The molecule has 1 aliphatic carbocycles. The molecule has 0 amide bonds. The largest absolute Gasteiger partial charge is 0.472 e. The minimum absolute atomic E-state index is 0.361. The molecule has 4 heteroatoms. The Labute approximate surface area is 115 Å². The predicted octanol–water partition coefficient (Wildman–Crippen LogP) is 3.94. The van der Waals surface area contributed by atoms with Crippen molar-refractivity contribution in [1.82, 2.24) is 14.4 Å². The van der Waals surface area contributed by atoms with Gasteiger partial charge >= 0.3 is 0 Å². The summed E-state index contributed by atoms with van der Waals surface area (Å²) in [4.78, 5) is 8.80. The van der Waals surface area contributed by atoms with Crippen molar-refractivity contribution >= 4 is 5.65 Å². The zero-order chi connectivity index (χ0) is 14.4. The Balaban J connectivity index is 0.000000415. The van der Waals surface area contributed by atoms with Crippen LogP contribution in [0.4, 0.5) is 0 Å². The molecule has 106 valence electrons. The summed E-state index contributed by atoms with van der Waals surface area (Å²) in [5, 5.41) is 0. The van der Waals surface area contributed by atoms with Crippen LogP contribution in [-0.4, -0.2) is 20.5 Å². The van der Waals surface area contributed by atoms with Gasteiger partial charge in [0.05, 0.1) is 11.4 Å². The lowest BCUT2D eigenvalue weighted by Crippen LogP contribution is -2.02. The number of aromatic nitrogens is 3. The van der Waals surface area contributed by atoms with Gasteiger partial charge in [-0.3, -0.25) is 0 Å². The van der Waals surface area contributed by atoms with Crippen molar-refractivity contribution in [3.8, 4) is 5.88 Å². The molecule has 0 aromatic carbocycles. The molecule has 4 nitrogen and oxygen atoms in total. The molecule has 0 radical (unpaired) electrons.